The highest BCUT2D eigenvalue weighted by Gasteiger charge is 2.59. The number of ketones is 2. The number of carbonyl (C=O) groups excluding carboxylic acids is 2. The Morgan fingerprint density at radius 3 is 1.65 bits per heavy atom. The van der Waals surface area contributed by atoms with Crippen LogP contribution in [-0.2, 0) is 0 Å². The molecule has 0 saturated carbocycles. The van der Waals surface area contributed by atoms with Gasteiger partial charge in [-0.1, -0.05) is 97.1 Å². The molecule has 0 amide bonds. The van der Waals surface area contributed by atoms with Crippen molar-refractivity contribution >= 4 is 28.4 Å². The number of nitrogens with zero attached hydrogens (tertiary/aromatic N) is 1. The SMILES string of the molecule is O=C1c2ccccc2C(=O)C12CC(c1ccccc1)=C(c1ccccc1)C[C@@H]2c1ccc([N+](=O)[O-])cc1. The molecular formula is C32H23NO4. The van der Waals surface area contributed by atoms with Crippen LogP contribution in [0.3, 0.4) is 0 Å². The second-order valence-electron chi connectivity index (χ2n) is 9.65. The molecule has 0 saturated heterocycles. The quantitative estimate of drug-likeness (QED) is 0.175. The summed E-state index contributed by atoms with van der Waals surface area (Å²) in [6, 6.07) is 33.3. The van der Waals surface area contributed by atoms with Crippen molar-refractivity contribution in [2.45, 2.75) is 18.8 Å². The number of non-ortho nitro benzene ring substituents is 1. The lowest BCUT2D eigenvalue weighted by Crippen LogP contribution is -2.42. The summed E-state index contributed by atoms with van der Waals surface area (Å²) < 4.78 is 0. The highest BCUT2D eigenvalue weighted by Crippen LogP contribution is 2.59. The third kappa shape index (κ3) is 3.54. The molecule has 6 rings (SSSR count). The summed E-state index contributed by atoms with van der Waals surface area (Å²) in [6.07, 6.45) is 0.715. The lowest BCUT2D eigenvalue weighted by Gasteiger charge is -2.41. The largest absolute Gasteiger partial charge is 0.293 e. The fourth-order valence-corrected chi connectivity index (χ4v) is 6.03. The number of nitro groups is 1. The van der Waals surface area contributed by atoms with Gasteiger partial charge in [-0.3, -0.25) is 19.7 Å². The number of benzene rings is 4. The molecule has 0 N–H and O–H groups in total. The van der Waals surface area contributed by atoms with E-state index in [1.54, 1.807) is 36.4 Å². The monoisotopic (exact) mass is 485 g/mol. The van der Waals surface area contributed by atoms with Gasteiger partial charge in [0.25, 0.3) is 5.69 Å². The maximum absolute atomic E-state index is 14.2. The Hall–Kier alpha value is -4.64. The summed E-state index contributed by atoms with van der Waals surface area (Å²) in [4.78, 5) is 39.3. The lowest BCUT2D eigenvalue weighted by molar-refractivity contribution is -0.384. The van der Waals surface area contributed by atoms with E-state index in [2.05, 4.69) is 12.1 Å². The summed E-state index contributed by atoms with van der Waals surface area (Å²) in [5.74, 6) is -0.808. The van der Waals surface area contributed by atoms with Crippen molar-refractivity contribution in [3.8, 4) is 0 Å². The highest BCUT2D eigenvalue weighted by molar-refractivity contribution is 6.31. The van der Waals surface area contributed by atoms with Crippen molar-refractivity contribution in [1.29, 1.82) is 0 Å². The van der Waals surface area contributed by atoms with Crippen LogP contribution in [0.2, 0.25) is 0 Å². The van der Waals surface area contributed by atoms with Crippen molar-refractivity contribution in [3.63, 3.8) is 0 Å². The Kier molecular flexibility index (Phi) is 5.41. The fraction of sp³-hybridized carbons (Fsp3) is 0.125. The third-order valence-corrected chi connectivity index (χ3v) is 7.80. The Morgan fingerprint density at radius 2 is 1.14 bits per heavy atom. The van der Waals surface area contributed by atoms with Crippen molar-refractivity contribution in [2.75, 3.05) is 0 Å². The van der Waals surface area contributed by atoms with E-state index in [-0.39, 0.29) is 23.7 Å². The van der Waals surface area contributed by atoms with Gasteiger partial charge in [0.1, 0.15) is 5.41 Å². The summed E-state index contributed by atoms with van der Waals surface area (Å²) in [6.45, 7) is 0. The van der Waals surface area contributed by atoms with Gasteiger partial charge >= 0.3 is 0 Å². The van der Waals surface area contributed by atoms with Crippen LogP contribution in [0.15, 0.2) is 109 Å². The zero-order valence-electron chi connectivity index (χ0n) is 20.0. The first-order valence-corrected chi connectivity index (χ1v) is 12.3. The van der Waals surface area contributed by atoms with Crippen LogP contribution in [0.25, 0.3) is 11.1 Å². The van der Waals surface area contributed by atoms with E-state index in [1.165, 1.54) is 12.1 Å². The molecule has 4 aromatic carbocycles. The fourth-order valence-electron chi connectivity index (χ4n) is 6.03. The molecule has 37 heavy (non-hydrogen) atoms. The van der Waals surface area contributed by atoms with Gasteiger partial charge in [0.15, 0.2) is 11.6 Å². The minimum absolute atomic E-state index is 0.0234. The second kappa shape index (κ2) is 8.79. The van der Waals surface area contributed by atoms with E-state index in [4.69, 9.17) is 0 Å². The number of allylic oxidation sites excluding steroid dienone is 2. The topological polar surface area (TPSA) is 77.3 Å². The standard InChI is InChI=1S/C32H23NO4/c34-30-25-13-7-8-14-26(25)31(35)32(30)20-28(22-11-5-2-6-12-22)27(21-9-3-1-4-10-21)19-29(32)23-15-17-24(18-16-23)33(36)37/h1-18,29H,19-20H2/t29-/m1/s1. The molecule has 180 valence electrons. The van der Waals surface area contributed by atoms with Gasteiger partial charge in [0, 0.05) is 29.2 Å². The molecule has 5 nitrogen and oxygen atoms in total. The minimum atomic E-state index is -1.32. The Morgan fingerprint density at radius 1 is 0.649 bits per heavy atom. The van der Waals surface area contributed by atoms with E-state index >= 15 is 0 Å². The van der Waals surface area contributed by atoms with Crippen LogP contribution in [0.1, 0.15) is 56.2 Å². The minimum Gasteiger partial charge on any atom is -0.293 e. The Labute approximate surface area is 214 Å². The first-order valence-electron chi connectivity index (χ1n) is 12.3. The van der Waals surface area contributed by atoms with E-state index in [9.17, 15) is 19.7 Å². The van der Waals surface area contributed by atoms with Crippen molar-refractivity contribution in [2.24, 2.45) is 5.41 Å². The third-order valence-electron chi connectivity index (χ3n) is 7.80. The average molecular weight is 486 g/mol. The molecule has 2 aliphatic carbocycles. The molecule has 2 aliphatic rings. The zero-order valence-corrected chi connectivity index (χ0v) is 20.0. The van der Waals surface area contributed by atoms with Gasteiger partial charge in [-0.25, -0.2) is 0 Å². The van der Waals surface area contributed by atoms with E-state index in [0.29, 0.717) is 17.5 Å². The number of nitro benzene ring substituents is 1. The lowest BCUT2D eigenvalue weighted by atomic mass is 9.58. The molecule has 1 atom stereocenters. The van der Waals surface area contributed by atoms with Gasteiger partial charge in [-0.15, -0.1) is 0 Å². The number of hydrogen-bond acceptors (Lipinski definition) is 4. The Balaban J connectivity index is 1.61. The first-order chi connectivity index (χ1) is 18.0. The van der Waals surface area contributed by atoms with E-state index < -0.39 is 16.3 Å². The molecule has 4 aromatic rings. The molecular weight excluding hydrogens is 462 g/mol. The molecule has 0 aliphatic heterocycles. The summed E-state index contributed by atoms with van der Waals surface area (Å²) in [5, 5.41) is 11.3. The Bertz CT molecular complexity index is 1540. The predicted molar refractivity (Wildman–Crippen MR) is 142 cm³/mol. The number of Topliss-reactive ketones (excluding diaryl/α,β-unsaturated/α-hetero) is 2. The van der Waals surface area contributed by atoms with Gasteiger partial charge < -0.3 is 0 Å². The van der Waals surface area contributed by atoms with Gasteiger partial charge in [0.2, 0.25) is 0 Å². The summed E-state index contributed by atoms with van der Waals surface area (Å²) in [7, 11) is 0. The number of fused-ring (bicyclic) bond motifs is 1. The predicted octanol–water partition coefficient (Wildman–Crippen LogP) is 7.15. The highest BCUT2D eigenvalue weighted by atomic mass is 16.6. The van der Waals surface area contributed by atoms with Gasteiger partial charge in [0.05, 0.1) is 4.92 Å². The average Bonchev–Trinajstić information content (AvgIpc) is 3.16. The van der Waals surface area contributed by atoms with Crippen LogP contribution >= 0.6 is 0 Å². The molecule has 0 aromatic heterocycles. The van der Waals surface area contributed by atoms with Crippen molar-refractivity contribution in [3.05, 3.63) is 147 Å². The molecule has 0 radical (unpaired) electrons. The molecule has 0 fully saturated rings. The van der Waals surface area contributed by atoms with Crippen LogP contribution in [-0.4, -0.2) is 16.5 Å². The van der Waals surface area contributed by atoms with Crippen LogP contribution in [0.5, 0.6) is 0 Å². The second-order valence-corrected chi connectivity index (χ2v) is 9.65. The summed E-state index contributed by atoms with van der Waals surface area (Å²) in [5.41, 5.74) is 4.41. The molecule has 0 bridgehead atoms. The summed E-state index contributed by atoms with van der Waals surface area (Å²) >= 11 is 0. The van der Waals surface area contributed by atoms with Crippen molar-refractivity contribution < 1.29 is 14.5 Å². The number of carbonyl (C=O) groups is 2. The van der Waals surface area contributed by atoms with Crippen LogP contribution < -0.4 is 0 Å². The van der Waals surface area contributed by atoms with Crippen LogP contribution in [0.4, 0.5) is 5.69 Å². The molecule has 5 heteroatoms. The molecule has 0 unspecified atom stereocenters. The van der Waals surface area contributed by atoms with Gasteiger partial charge in [-0.05, 0) is 40.7 Å². The normalized spacial score (nSPS) is 18.2. The molecule has 0 heterocycles. The van der Waals surface area contributed by atoms with E-state index in [0.717, 1.165) is 27.8 Å². The van der Waals surface area contributed by atoms with Crippen molar-refractivity contribution in [1.82, 2.24) is 0 Å². The number of rotatable bonds is 4. The van der Waals surface area contributed by atoms with Crippen LogP contribution in [0, 0.1) is 15.5 Å². The maximum atomic E-state index is 14.2. The molecule has 1 spiro atoms. The zero-order chi connectivity index (χ0) is 25.6. The number of hydrogen-bond donors (Lipinski definition) is 0. The maximum Gasteiger partial charge on any atom is 0.269 e. The first kappa shape index (κ1) is 22.8. The van der Waals surface area contributed by atoms with E-state index in [1.807, 2.05) is 48.5 Å². The smallest absolute Gasteiger partial charge is 0.269 e. The van der Waals surface area contributed by atoms with Gasteiger partial charge in [-0.2, -0.15) is 0 Å².